The van der Waals surface area contributed by atoms with Crippen LogP contribution in [0.1, 0.15) is 44.0 Å². The summed E-state index contributed by atoms with van der Waals surface area (Å²) in [6.45, 7) is 6.25. The van der Waals surface area contributed by atoms with E-state index in [1.165, 1.54) is 24.1 Å². The van der Waals surface area contributed by atoms with Gasteiger partial charge in [0, 0.05) is 18.6 Å². The van der Waals surface area contributed by atoms with Gasteiger partial charge in [0.1, 0.15) is 0 Å². The summed E-state index contributed by atoms with van der Waals surface area (Å²) in [5, 5.41) is 7.80. The summed E-state index contributed by atoms with van der Waals surface area (Å²) >= 11 is 1.77. The van der Waals surface area contributed by atoms with E-state index in [9.17, 15) is 0 Å². The molecule has 1 N–H and O–H groups in total. The zero-order chi connectivity index (χ0) is 14.7. The highest BCUT2D eigenvalue weighted by atomic mass is 32.1. The quantitative estimate of drug-likeness (QED) is 0.838. The molecule has 1 saturated carbocycles. The Bertz CT molecular complexity index is 546. The lowest BCUT2D eigenvalue weighted by atomic mass is 10.2. The van der Waals surface area contributed by atoms with Crippen LogP contribution in [0.4, 0.5) is 5.69 Å². The predicted molar refractivity (Wildman–Crippen MR) is 89.9 cm³/mol. The van der Waals surface area contributed by atoms with E-state index in [-0.39, 0.29) is 0 Å². The van der Waals surface area contributed by atoms with Crippen LogP contribution in [-0.4, -0.2) is 17.6 Å². The second kappa shape index (κ2) is 6.58. The third kappa shape index (κ3) is 3.63. The molecular formula is C17H23N3S. The van der Waals surface area contributed by atoms with Gasteiger partial charge in [0.25, 0.3) is 0 Å². The normalized spacial score (nSPS) is 15.9. The van der Waals surface area contributed by atoms with E-state index in [0.717, 1.165) is 18.8 Å². The first-order valence-electron chi connectivity index (χ1n) is 7.75. The van der Waals surface area contributed by atoms with Crippen LogP contribution in [0, 0.1) is 0 Å². The van der Waals surface area contributed by atoms with Crippen molar-refractivity contribution in [2.24, 2.45) is 0 Å². The maximum absolute atomic E-state index is 4.66. The summed E-state index contributed by atoms with van der Waals surface area (Å²) in [5.41, 5.74) is 3.76. The fourth-order valence-electron chi connectivity index (χ4n) is 2.63. The average molecular weight is 301 g/mol. The molecule has 2 aromatic heterocycles. The van der Waals surface area contributed by atoms with Crippen molar-refractivity contribution in [3.63, 3.8) is 0 Å². The number of hydrogen-bond acceptors (Lipinski definition) is 4. The topological polar surface area (TPSA) is 28.2 Å². The zero-order valence-electron chi connectivity index (χ0n) is 12.7. The number of hydrogen-bond donors (Lipinski definition) is 1. The van der Waals surface area contributed by atoms with Crippen molar-refractivity contribution in [1.29, 1.82) is 0 Å². The van der Waals surface area contributed by atoms with Crippen LogP contribution in [0.25, 0.3) is 0 Å². The van der Waals surface area contributed by atoms with Crippen LogP contribution < -0.4 is 10.2 Å². The molecule has 1 fully saturated rings. The first-order chi connectivity index (χ1) is 10.3. The van der Waals surface area contributed by atoms with E-state index in [4.69, 9.17) is 0 Å². The van der Waals surface area contributed by atoms with Crippen LogP contribution in [0.15, 0.2) is 35.2 Å². The van der Waals surface area contributed by atoms with Crippen molar-refractivity contribution >= 4 is 17.0 Å². The number of nitrogens with one attached hydrogen (secondary N) is 1. The smallest absolute Gasteiger partial charge is 0.0572 e. The Morgan fingerprint density at radius 2 is 2.24 bits per heavy atom. The highest BCUT2D eigenvalue weighted by Crippen LogP contribution is 2.33. The van der Waals surface area contributed by atoms with Gasteiger partial charge in [0.15, 0.2) is 0 Å². The van der Waals surface area contributed by atoms with Crippen LogP contribution >= 0.6 is 11.3 Å². The summed E-state index contributed by atoms with van der Waals surface area (Å²) in [6, 6.07) is 7.61. The largest absolute Gasteiger partial charge is 0.363 e. The molecule has 1 aliphatic rings. The first-order valence-corrected chi connectivity index (χ1v) is 8.69. The van der Waals surface area contributed by atoms with Crippen LogP contribution in [-0.2, 0) is 6.54 Å². The Kier molecular flexibility index (Phi) is 4.56. The van der Waals surface area contributed by atoms with Crippen molar-refractivity contribution in [2.75, 3.05) is 11.4 Å². The maximum Gasteiger partial charge on any atom is 0.0572 e. The van der Waals surface area contributed by atoms with Crippen molar-refractivity contribution in [2.45, 2.75) is 45.3 Å². The molecule has 0 amide bonds. The van der Waals surface area contributed by atoms with E-state index in [2.05, 4.69) is 58.0 Å². The number of anilines is 1. The van der Waals surface area contributed by atoms with Crippen molar-refractivity contribution in [1.82, 2.24) is 10.3 Å². The molecule has 21 heavy (non-hydrogen) atoms. The van der Waals surface area contributed by atoms with Gasteiger partial charge in [-0.25, -0.2) is 0 Å². The summed E-state index contributed by atoms with van der Waals surface area (Å²) < 4.78 is 0. The van der Waals surface area contributed by atoms with Gasteiger partial charge in [-0.3, -0.25) is 4.98 Å². The van der Waals surface area contributed by atoms with E-state index in [0.29, 0.717) is 12.1 Å². The number of pyridine rings is 1. The highest BCUT2D eigenvalue weighted by Gasteiger charge is 2.29. The minimum absolute atomic E-state index is 0.315. The van der Waals surface area contributed by atoms with Crippen molar-refractivity contribution in [3.05, 3.63) is 46.4 Å². The van der Waals surface area contributed by atoms with E-state index in [1.807, 2.05) is 6.20 Å². The van der Waals surface area contributed by atoms with Gasteiger partial charge in [0.2, 0.25) is 0 Å². The van der Waals surface area contributed by atoms with Crippen LogP contribution in [0.3, 0.4) is 0 Å². The van der Waals surface area contributed by atoms with Crippen LogP contribution in [0.2, 0.25) is 0 Å². The Hall–Kier alpha value is -1.39. The maximum atomic E-state index is 4.66. The second-order valence-electron chi connectivity index (χ2n) is 5.71. The third-order valence-corrected chi connectivity index (χ3v) is 4.71. The van der Waals surface area contributed by atoms with Crippen molar-refractivity contribution < 1.29 is 0 Å². The van der Waals surface area contributed by atoms with Crippen molar-refractivity contribution in [3.8, 4) is 0 Å². The van der Waals surface area contributed by atoms with Gasteiger partial charge in [-0.1, -0.05) is 6.92 Å². The molecule has 0 aromatic carbocycles. The molecule has 1 atom stereocenters. The van der Waals surface area contributed by atoms with Gasteiger partial charge in [-0.05, 0) is 60.8 Å². The fraction of sp³-hybridized carbons (Fsp3) is 0.471. The predicted octanol–water partition coefficient (Wildman–Crippen LogP) is 3.98. The van der Waals surface area contributed by atoms with Gasteiger partial charge in [0.05, 0.1) is 17.6 Å². The molecule has 2 aromatic rings. The third-order valence-electron chi connectivity index (χ3n) is 3.98. The van der Waals surface area contributed by atoms with Gasteiger partial charge in [-0.15, -0.1) is 0 Å². The Morgan fingerprint density at radius 3 is 2.81 bits per heavy atom. The molecule has 1 unspecified atom stereocenters. The van der Waals surface area contributed by atoms with Gasteiger partial charge < -0.3 is 10.2 Å². The minimum Gasteiger partial charge on any atom is -0.363 e. The molecule has 3 rings (SSSR count). The number of aromatic nitrogens is 1. The second-order valence-corrected chi connectivity index (χ2v) is 6.49. The molecule has 0 bridgehead atoms. The lowest BCUT2D eigenvalue weighted by Crippen LogP contribution is -2.25. The summed E-state index contributed by atoms with van der Waals surface area (Å²) in [4.78, 5) is 7.15. The summed E-state index contributed by atoms with van der Waals surface area (Å²) in [5.74, 6) is 0. The van der Waals surface area contributed by atoms with E-state index in [1.54, 1.807) is 11.3 Å². The molecule has 112 valence electrons. The molecule has 2 heterocycles. The van der Waals surface area contributed by atoms with Gasteiger partial charge in [-0.2, -0.15) is 11.3 Å². The molecule has 0 aliphatic heterocycles. The monoisotopic (exact) mass is 301 g/mol. The number of nitrogens with zero attached hydrogens (tertiary/aromatic N) is 2. The SMILES string of the molecule is CCNC(C)c1ccc(N(Cc2ccsc2)C2CC2)cn1. The average Bonchev–Trinajstić information content (AvgIpc) is 3.22. The Balaban J connectivity index is 1.74. The molecular weight excluding hydrogens is 278 g/mol. The summed E-state index contributed by atoms with van der Waals surface area (Å²) in [6.07, 6.45) is 4.65. The molecule has 0 radical (unpaired) electrons. The fourth-order valence-corrected chi connectivity index (χ4v) is 3.29. The highest BCUT2D eigenvalue weighted by molar-refractivity contribution is 7.07. The first kappa shape index (κ1) is 14.5. The van der Waals surface area contributed by atoms with E-state index >= 15 is 0 Å². The van der Waals surface area contributed by atoms with Crippen LogP contribution in [0.5, 0.6) is 0 Å². The molecule has 0 spiro atoms. The summed E-state index contributed by atoms with van der Waals surface area (Å²) in [7, 11) is 0. The Labute approximate surface area is 131 Å². The number of rotatable bonds is 7. The lowest BCUT2D eigenvalue weighted by Gasteiger charge is -2.24. The molecule has 4 heteroatoms. The lowest BCUT2D eigenvalue weighted by molar-refractivity contribution is 0.583. The number of thiophene rings is 1. The van der Waals surface area contributed by atoms with E-state index < -0.39 is 0 Å². The molecule has 1 aliphatic carbocycles. The standard InChI is InChI=1S/C17H23N3S/c1-3-18-13(2)17-7-6-16(10-19-17)20(15-4-5-15)11-14-8-9-21-12-14/h6-10,12-13,15,18H,3-5,11H2,1-2H3. The van der Waals surface area contributed by atoms with Gasteiger partial charge >= 0.3 is 0 Å². The molecule has 3 nitrogen and oxygen atoms in total. The Morgan fingerprint density at radius 1 is 1.38 bits per heavy atom. The molecule has 0 saturated heterocycles. The zero-order valence-corrected chi connectivity index (χ0v) is 13.6. The minimum atomic E-state index is 0.315.